The highest BCUT2D eigenvalue weighted by atomic mass is 19.1. The first-order valence-corrected chi connectivity index (χ1v) is 9.04. The first-order chi connectivity index (χ1) is 13.4. The van der Waals surface area contributed by atoms with Crippen molar-refractivity contribution in [1.29, 1.82) is 0 Å². The lowest BCUT2D eigenvalue weighted by Crippen LogP contribution is -2.35. The summed E-state index contributed by atoms with van der Waals surface area (Å²) in [5.41, 5.74) is 1.91. The third kappa shape index (κ3) is 4.94. The fourth-order valence-electron chi connectivity index (χ4n) is 3.20. The van der Waals surface area contributed by atoms with Crippen LogP contribution in [0.15, 0.2) is 48.5 Å². The van der Waals surface area contributed by atoms with Crippen molar-refractivity contribution in [1.82, 2.24) is 9.80 Å². The van der Waals surface area contributed by atoms with Gasteiger partial charge >= 0.3 is 5.97 Å². The van der Waals surface area contributed by atoms with Crippen molar-refractivity contribution < 1.29 is 23.9 Å². The van der Waals surface area contributed by atoms with Crippen LogP contribution in [0.2, 0.25) is 0 Å². The number of carboxylic acid groups (broad SMARTS) is 1. The number of hydrogen-bond donors (Lipinski definition) is 1. The zero-order valence-electron chi connectivity index (χ0n) is 15.3. The van der Waals surface area contributed by atoms with E-state index in [0.29, 0.717) is 24.1 Å². The van der Waals surface area contributed by atoms with Gasteiger partial charge in [0, 0.05) is 31.6 Å². The molecule has 7 heteroatoms. The quantitative estimate of drug-likeness (QED) is 0.796. The number of halogens is 1. The van der Waals surface area contributed by atoms with Gasteiger partial charge in [0.2, 0.25) is 5.91 Å². The lowest BCUT2D eigenvalue weighted by molar-refractivity contribution is -0.137. The average Bonchev–Trinajstić information content (AvgIpc) is 3.07. The zero-order chi connectivity index (χ0) is 20.1. The molecule has 0 bridgehead atoms. The molecule has 2 aromatic carbocycles. The van der Waals surface area contributed by atoms with Gasteiger partial charge in [0.25, 0.3) is 5.91 Å². The normalized spacial score (nSPS) is 13.6. The van der Waals surface area contributed by atoms with Crippen LogP contribution in [0.5, 0.6) is 0 Å². The van der Waals surface area contributed by atoms with Crippen molar-refractivity contribution in [2.24, 2.45) is 0 Å². The maximum absolute atomic E-state index is 13.1. The molecule has 0 aliphatic carbocycles. The molecular formula is C21H21FN2O4. The SMILES string of the molecule is O=C(O)CN(Cc1ccc(F)cc1)C(=O)c1ccc(CN2CCCC2=O)cc1. The highest BCUT2D eigenvalue weighted by Gasteiger charge is 2.21. The van der Waals surface area contributed by atoms with E-state index in [1.54, 1.807) is 29.2 Å². The molecule has 1 aliphatic heterocycles. The molecule has 0 atom stereocenters. The minimum absolute atomic E-state index is 0.0649. The van der Waals surface area contributed by atoms with Gasteiger partial charge in [-0.3, -0.25) is 14.4 Å². The molecule has 3 rings (SSSR count). The number of nitrogens with zero attached hydrogens (tertiary/aromatic N) is 2. The van der Waals surface area contributed by atoms with Gasteiger partial charge in [-0.15, -0.1) is 0 Å². The van der Waals surface area contributed by atoms with Gasteiger partial charge in [0.15, 0.2) is 0 Å². The van der Waals surface area contributed by atoms with E-state index in [0.717, 1.165) is 18.5 Å². The number of carboxylic acids is 1. The van der Waals surface area contributed by atoms with Gasteiger partial charge in [0.1, 0.15) is 12.4 Å². The number of likely N-dealkylation sites (tertiary alicyclic amines) is 1. The number of carbonyl (C=O) groups is 3. The fourth-order valence-corrected chi connectivity index (χ4v) is 3.20. The Morgan fingerprint density at radius 1 is 1.04 bits per heavy atom. The van der Waals surface area contributed by atoms with Crippen LogP contribution in [0.3, 0.4) is 0 Å². The molecular weight excluding hydrogens is 363 g/mol. The second kappa shape index (κ2) is 8.65. The maximum atomic E-state index is 13.1. The Balaban J connectivity index is 1.71. The topological polar surface area (TPSA) is 77.9 Å². The summed E-state index contributed by atoms with van der Waals surface area (Å²) in [6.07, 6.45) is 1.44. The van der Waals surface area contributed by atoms with Crippen molar-refractivity contribution in [3.63, 3.8) is 0 Å². The number of aliphatic carboxylic acids is 1. The van der Waals surface area contributed by atoms with E-state index in [9.17, 15) is 18.8 Å². The molecule has 146 valence electrons. The Bertz CT molecular complexity index is 865. The minimum atomic E-state index is -1.13. The highest BCUT2D eigenvalue weighted by Crippen LogP contribution is 2.16. The Kier molecular flexibility index (Phi) is 6.03. The summed E-state index contributed by atoms with van der Waals surface area (Å²) >= 11 is 0. The number of benzene rings is 2. The molecule has 1 saturated heterocycles. The Hall–Kier alpha value is -3.22. The van der Waals surface area contributed by atoms with Crippen molar-refractivity contribution >= 4 is 17.8 Å². The molecule has 6 nitrogen and oxygen atoms in total. The van der Waals surface area contributed by atoms with Crippen LogP contribution in [0.25, 0.3) is 0 Å². The molecule has 1 aliphatic rings. The molecule has 1 fully saturated rings. The molecule has 0 unspecified atom stereocenters. The summed E-state index contributed by atoms with van der Waals surface area (Å²) in [5, 5.41) is 9.14. The van der Waals surface area contributed by atoms with E-state index in [-0.39, 0.29) is 12.5 Å². The maximum Gasteiger partial charge on any atom is 0.323 e. The highest BCUT2D eigenvalue weighted by molar-refractivity contribution is 5.95. The monoisotopic (exact) mass is 384 g/mol. The third-order valence-electron chi connectivity index (χ3n) is 4.65. The predicted molar refractivity (Wildman–Crippen MR) is 99.9 cm³/mol. The van der Waals surface area contributed by atoms with Crippen LogP contribution in [0.4, 0.5) is 4.39 Å². The summed E-state index contributed by atoms with van der Waals surface area (Å²) < 4.78 is 13.1. The number of rotatable bonds is 7. The summed E-state index contributed by atoms with van der Waals surface area (Å²) in [5.74, 6) is -1.81. The summed E-state index contributed by atoms with van der Waals surface area (Å²) in [6.45, 7) is 0.848. The fraction of sp³-hybridized carbons (Fsp3) is 0.286. The minimum Gasteiger partial charge on any atom is -0.480 e. The van der Waals surface area contributed by atoms with Crippen LogP contribution in [-0.2, 0) is 22.7 Å². The summed E-state index contributed by atoms with van der Waals surface area (Å²) in [4.78, 5) is 38.7. The summed E-state index contributed by atoms with van der Waals surface area (Å²) in [6, 6.07) is 12.4. The molecule has 0 spiro atoms. The van der Waals surface area contributed by atoms with Gasteiger partial charge in [-0.25, -0.2) is 4.39 Å². The van der Waals surface area contributed by atoms with Crippen LogP contribution < -0.4 is 0 Å². The molecule has 2 aromatic rings. The van der Waals surface area contributed by atoms with Gasteiger partial charge in [0.05, 0.1) is 0 Å². The van der Waals surface area contributed by atoms with Gasteiger partial charge in [-0.05, 0) is 41.8 Å². The van der Waals surface area contributed by atoms with E-state index < -0.39 is 24.2 Å². The second-order valence-corrected chi connectivity index (χ2v) is 6.80. The Labute approximate surface area is 162 Å². The van der Waals surface area contributed by atoms with E-state index in [2.05, 4.69) is 0 Å². The Morgan fingerprint density at radius 3 is 2.25 bits per heavy atom. The van der Waals surface area contributed by atoms with Gasteiger partial charge in [-0.1, -0.05) is 24.3 Å². The standard InChI is InChI=1S/C21H21FN2O4/c22-18-9-5-16(6-10-18)13-24(14-20(26)27)21(28)17-7-3-15(4-8-17)12-23-11-1-2-19(23)25/h3-10H,1-2,11-14H2,(H,26,27). The first-order valence-electron chi connectivity index (χ1n) is 9.04. The molecule has 1 heterocycles. The smallest absolute Gasteiger partial charge is 0.323 e. The summed E-state index contributed by atoms with van der Waals surface area (Å²) in [7, 11) is 0. The first kappa shape index (κ1) is 19.5. The van der Waals surface area contributed by atoms with Crippen LogP contribution in [0.1, 0.15) is 34.3 Å². The van der Waals surface area contributed by atoms with E-state index >= 15 is 0 Å². The van der Waals surface area contributed by atoms with E-state index in [4.69, 9.17) is 5.11 Å². The van der Waals surface area contributed by atoms with Crippen LogP contribution in [-0.4, -0.2) is 45.8 Å². The molecule has 0 aromatic heterocycles. The Morgan fingerprint density at radius 2 is 1.68 bits per heavy atom. The molecule has 0 saturated carbocycles. The number of carbonyl (C=O) groups excluding carboxylic acids is 2. The molecule has 1 N–H and O–H groups in total. The van der Waals surface area contributed by atoms with Crippen molar-refractivity contribution in [2.45, 2.75) is 25.9 Å². The van der Waals surface area contributed by atoms with Gasteiger partial charge in [-0.2, -0.15) is 0 Å². The third-order valence-corrected chi connectivity index (χ3v) is 4.65. The van der Waals surface area contributed by atoms with Gasteiger partial charge < -0.3 is 14.9 Å². The van der Waals surface area contributed by atoms with Crippen molar-refractivity contribution in [3.05, 3.63) is 71.0 Å². The lowest BCUT2D eigenvalue weighted by atomic mass is 10.1. The zero-order valence-corrected chi connectivity index (χ0v) is 15.3. The molecule has 28 heavy (non-hydrogen) atoms. The van der Waals surface area contributed by atoms with Crippen molar-refractivity contribution in [2.75, 3.05) is 13.1 Å². The van der Waals surface area contributed by atoms with Crippen molar-refractivity contribution in [3.8, 4) is 0 Å². The number of amides is 2. The second-order valence-electron chi connectivity index (χ2n) is 6.80. The average molecular weight is 384 g/mol. The lowest BCUT2D eigenvalue weighted by Gasteiger charge is -2.21. The molecule has 0 radical (unpaired) electrons. The largest absolute Gasteiger partial charge is 0.480 e. The number of hydrogen-bond acceptors (Lipinski definition) is 3. The predicted octanol–water partition coefficient (Wildman–Crippen LogP) is 2.68. The van der Waals surface area contributed by atoms with E-state index in [1.807, 2.05) is 0 Å². The van der Waals surface area contributed by atoms with Crippen LogP contribution >= 0.6 is 0 Å². The van der Waals surface area contributed by atoms with Crippen LogP contribution in [0, 0.1) is 5.82 Å². The molecule has 2 amide bonds. The van der Waals surface area contributed by atoms with E-state index in [1.165, 1.54) is 29.2 Å².